The first-order valence-electron chi connectivity index (χ1n) is 7.03. The summed E-state index contributed by atoms with van der Waals surface area (Å²) in [6, 6.07) is 3.43. The Bertz CT molecular complexity index is 712. The zero-order chi connectivity index (χ0) is 16.2. The molecule has 3 rings (SSSR count). The van der Waals surface area contributed by atoms with Crippen molar-refractivity contribution in [1.82, 2.24) is 15.6 Å². The van der Waals surface area contributed by atoms with E-state index in [-0.39, 0.29) is 30.3 Å². The summed E-state index contributed by atoms with van der Waals surface area (Å²) in [5.74, 6) is 2.65. The summed E-state index contributed by atoms with van der Waals surface area (Å²) in [6.45, 7) is 1.80. The van der Waals surface area contributed by atoms with Crippen molar-refractivity contribution in [1.29, 1.82) is 0 Å². The predicted octanol–water partition coefficient (Wildman–Crippen LogP) is 2.06. The van der Waals surface area contributed by atoms with Crippen LogP contribution in [0, 0.1) is 0 Å². The van der Waals surface area contributed by atoms with Crippen LogP contribution in [0.25, 0.3) is 11.5 Å². The van der Waals surface area contributed by atoms with Gasteiger partial charge in [-0.3, -0.25) is 14.9 Å². The number of carbonyl (C=O) groups is 2. The zero-order valence-electron chi connectivity index (χ0n) is 12.8. The molecule has 0 bridgehead atoms. The van der Waals surface area contributed by atoms with Gasteiger partial charge in [-0.25, -0.2) is 4.98 Å². The molecular formula is C14H17ClN4O3S2. The van der Waals surface area contributed by atoms with E-state index in [2.05, 4.69) is 20.9 Å². The fraction of sp³-hybridized carbons (Fsp3) is 0.357. The third-order valence-electron chi connectivity index (χ3n) is 3.19. The van der Waals surface area contributed by atoms with E-state index < -0.39 is 0 Å². The van der Waals surface area contributed by atoms with Gasteiger partial charge in [0.05, 0.1) is 12.6 Å². The van der Waals surface area contributed by atoms with Crippen molar-refractivity contribution in [3.05, 3.63) is 23.3 Å². The lowest BCUT2D eigenvalue weighted by atomic mass is 10.3. The zero-order valence-corrected chi connectivity index (χ0v) is 15.3. The number of nitrogens with one attached hydrogen (secondary N) is 3. The standard InChI is InChI=1S/C14H16N4O3S2.ClH/c1-8(19)15-4-9-2-3-12(21-9)10-6-23-14(17-10)18-13(20)11-5-22-7-16-11;/h2-3,6,11,16H,4-5,7H2,1H3,(H,15,19)(H,17,18,20);1H. The van der Waals surface area contributed by atoms with Crippen LogP contribution in [-0.2, 0) is 16.1 Å². The van der Waals surface area contributed by atoms with Crippen molar-refractivity contribution in [2.45, 2.75) is 19.5 Å². The molecule has 3 N–H and O–H groups in total. The lowest BCUT2D eigenvalue weighted by molar-refractivity contribution is -0.119. The third-order valence-corrected chi connectivity index (χ3v) is 4.89. The van der Waals surface area contributed by atoms with E-state index in [4.69, 9.17) is 4.42 Å². The first-order valence-corrected chi connectivity index (χ1v) is 9.06. The molecule has 7 nitrogen and oxygen atoms in total. The van der Waals surface area contributed by atoms with E-state index in [1.54, 1.807) is 23.9 Å². The summed E-state index contributed by atoms with van der Waals surface area (Å²) in [6.07, 6.45) is 0. The van der Waals surface area contributed by atoms with Crippen LogP contribution in [-0.4, -0.2) is 34.5 Å². The van der Waals surface area contributed by atoms with Crippen molar-refractivity contribution in [2.75, 3.05) is 16.9 Å². The number of thiazole rings is 1. The molecule has 1 saturated heterocycles. The van der Waals surface area contributed by atoms with Crippen LogP contribution in [0.3, 0.4) is 0 Å². The molecule has 130 valence electrons. The second-order valence-electron chi connectivity index (χ2n) is 4.97. The fourth-order valence-corrected chi connectivity index (χ4v) is 3.67. The molecule has 2 aromatic heterocycles. The Morgan fingerprint density at radius 2 is 2.29 bits per heavy atom. The maximum absolute atomic E-state index is 12.0. The molecule has 3 heterocycles. The van der Waals surface area contributed by atoms with Crippen molar-refractivity contribution in [3.63, 3.8) is 0 Å². The summed E-state index contributed by atoms with van der Waals surface area (Å²) < 4.78 is 5.64. The minimum Gasteiger partial charge on any atom is -0.458 e. The molecule has 0 spiro atoms. The largest absolute Gasteiger partial charge is 0.458 e. The number of hydrogen-bond acceptors (Lipinski definition) is 7. The molecule has 24 heavy (non-hydrogen) atoms. The van der Waals surface area contributed by atoms with Gasteiger partial charge in [0.1, 0.15) is 11.5 Å². The Morgan fingerprint density at radius 1 is 1.46 bits per heavy atom. The number of nitrogens with zero attached hydrogens (tertiary/aromatic N) is 1. The first kappa shape index (κ1) is 18.8. The Morgan fingerprint density at radius 3 is 3.00 bits per heavy atom. The molecule has 1 aliphatic heterocycles. The number of rotatable bonds is 5. The molecule has 1 atom stereocenters. The minimum atomic E-state index is -0.166. The number of aromatic nitrogens is 1. The van der Waals surface area contributed by atoms with Crippen LogP contribution in [0.4, 0.5) is 5.13 Å². The van der Waals surface area contributed by atoms with Gasteiger partial charge in [-0.15, -0.1) is 35.5 Å². The number of carbonyl (C=O) groups excluding carboxylic acids is 2. The predicted molar refractivity (Wildman–Crippen MR) is 97.5 cm³/mol. The van der Waals surface area contributed by atoms with Gasteiger partial charge in [0.15, 0.2) is 10.9 Å². The van der Waals surface area contributed by atoms with E-state index in [9.17, 15) is 9.59 Å². The molecule has 2 amide bonds. The highest BCUT2D eigenvalue weighted by Crippen LogP contribution is 2.27. The Hall–Kier alpha value is -1.55. The van der Waals surface area contributed by atoms with Crippen molar-refractivity contribution >= 4 is 52.5 Å². The quantitative estimate of drug-likeness (QED) is 0.725. The molecular weight excluding hydrogens is 372 g/mol. The molecule has 1 fully saturated rings. The molecule has 10 heteroatoms. The average Bonchev–Trinajstić information content (AvgIpc) is 3.25. The molecule has 0 aromatic carbocycles. The van der Waals surface area contributed by atoms with Crippen LogP contribution in [0.2, 0.25) is 0 Å². The number of furan rings is 1. The highest BCUT2D eigenvalue weighted by atomic mass is 35.5. The monoisotopic (exact) mass is 388 g/mol. The number of hydrogen-bond donors (Lipinski definition) is 3. The van der Waals surface area contributed by atoms with Gasteiger partial charge in [-0.05, 0) is 12.1 Å². The van der Waals surface area contributed by atoms with Crippen LogP contribution in [0.15, 0.2) is 21.9 Å². The van der Waals surface area contributed by atoms with Gasteiger partial charge in [-0.2, -0.15) is 0 Å². The molecule has 0 radical (unpaired) electrons. The van der Waals surface area contributed by atoms with E-state index in [0.29, 0.717) is 28.9 Å². The van der Waals surface area contributed by atoms with E-state index >= 15 is 0 Å². The molecule has 0 aliphatic carbocycles. The highest BCUT2D eigenvalue weighted by Gasteiger charge is 2.23. The van der Waals surface area contributed by atoms with Gasteiger partial charge in [-0.1, -0.05) is 0 Å². The average molecular weight is 389 g/mol. The van der Waals surface area contributed by atoms with Crippen LogP contribution < -0.4 is 16.0 Å². The van der Waals surface area contributed by atoms with Gasteiger partial charge in [0.25, 0.3) is 0 Å². The second kappa shape index (κ2) is 8.52. The fourth-order valence-electron chi connectivity index (χ4n) is 2.02. The first-order chi connectivity index (χ1) is 11.1. The van der Waals surface area contributed by atoms with Crippen molar-refractivity contribution in [3.8, 4) is 11.5 Å². The Balaban J connectivity index is 0.00000208. The second-order valence-corrected chi connectivity index (χ2v) is 6.86. The van der Waals surface area contributed by atoms with Gasteiger partial charge in [0, 0.05) is 23.9 Å². The number of anilines is 1. The number of amides is 2. The highest BCUT2D eigenvalue weighted by molar-refractivity contribution is 7.99. The maximum Gasteiger partial charge on any atom is 0.244 e. The SMILES string of the molecule is CC(=O)NCc1ccc(-c2csc(NC(=O)C3CSCN3)n2)o1.Cl. The van der Waals surface area contributed by atoms with Gasteiger partial charge >= 0.3 is 0 Å². The van der Waals surface area contributed by atoms with E-state index in [1.165, 1.54) is 18.3 Å². The lowest BCUT2D eigenvalue weighted by Crippen LogP contribution is -2.37. The summed E-state index contributed by atoms with van der Waals surface area (Å²) in [7, 11) is 0. The lowest BCUT2D eigenvalue weighted by Gasteiger charge is -2.07. The van der Waals surface area contributed by atoms with Crippen LogP contribution >= 0.6 is 35.5 Å². The summed E-state index contributed by atoms with van der Waals surface area (Å²) in [5, 5.41) is 11.0. The van der Waals surface area contributed by atoms with Crippen molar-refractivity contribution in [2.24, 2.45) is 0 Å². The summed E-state index contributed by atoms with van der Waals surface area (Å²) >= 11 is 3.05. The van der Waals surface area contributed by atoms with Crippen LogP contribution in [0.1, 0.15) is 12.7 Å². The topological polar surface area (TPSA) is 96.3 Å². The normalized spacial score (nSPS) is 16.5. The Labute approximate surface area is 153 Å². The van der Waals surface area contributed by atoms with Gasteiger partial charge < -0.3 is 15.1 Å². The molecule has 1 aliphatic rings. The van der Waals surface area contributed by atoms with Crippen molar-refractivity contribution < 1.29 is 14.0 Å². The summed E-state index contributed by atoms with van der Waals surface area (Å²) in [4.78, 5) is 27.3. The molecule has 1 unspecified atom stereocenters. The molecule has 0 saturated carbocycles. The maximum atomic E-state index is 12.0. The number of thioether (sulfide) groups is 1. The smallest absolute Gasteiger partial charge is 0.244 e. The Kier molecular flexibility index (Phi) is 6.67. The summed E-state index contributed by atoms with van der Waals surface area (Å²) in [5.41, 5.74) is 0.660. The van der Waals surface area contributed by atoms with Gasteiger partial charge in [0.2, 0.25) is 11.8 Å². The third kappa shape index (κ3) is 4.73. The van der Waals surface area contributed by atoms with E-state index in [0.717, 1.165) is 11.6 Å². The number of halogens is 1. The minimum absolute atomic E-state index is 0. The molecule has 2 aromatic rings. The van der Waals surface area contributed by atoms with E-state index in [1.807, 2.05) is 5.38 Å². The van der Waals surface area contributed by atoms with Crippen LogP contribution in [0.5, 0.6) is 0 Å².